The second-order valence-electron chi connectivity index (χ2n) is 10.8. The molecule has 0 radical (unpaired) electrons. The van der Waals surface area contributed by atoms with Gasteiger partial charge in [-0.15, -0.1) is 0 Å². The molecule has 2 heterocycles. The van der Waals surface area contributed by atoms with Crippen LogP contribution in [0, 0.1) is 23.2 Å². The van der Waals surface area contributed by atoms with Gasteiger partial charge in [0.1, 0.15) is 11.9 Å². The number of hydrogen-bond acceptors (Lipinski definition) is 6. The third-order valence-electron chi connectivity index (χ3n) is 8.35. The molecule has 0 amide bonds. The van der Waals surface area contributed by atoms with Crippen LogP contribution >= 0.6 is 0 Å². The van der Waals surface area contributed by atoms with Crippen LogP contribution in [0.1, 0.15) is 50.9 Å². The third kappa shape index (κ3) is 4.73. The second-order valence-corrected chi connectivity index (χ2v) is 10.8. The number of esters is 1. The highest BCUT2D eigenvalue weighted by Crippen LogP contribution is 2.54. The maximum Gasteiger partial charge on any atom is 0.311 e. The van der Waals surface area contributed by atoms with Crippen LogP contribution in [0.3, 0.4) is 0 Å². The quantitative estimate of drug-likeness (QED) is 0.362. The summed E-state index contributed by atoms with van der Waals surface area (Å²) >= 11 is 0. The number of rotatable bonds is 8. The van der Waals surface area contributed by atoms with Crippen molar-refractivity contribution in [1.82, 2.24) is 4.90 Å². The summed E-state index contributed by atoms with van der Waals surface area (Å²) in [5, 5.41) is 0. The molecule has 2 fully saturated rings. The van der Waals surface area contributed by atoms with Crippen LogP contribution in [0.2, 0.25) is 0 Å². The van der Waals surface area contributed by atoms with E-state index in [0.717, 1.165) is 17.7 Å². The highest BCUT2D eigenvalue weighted by atomic mass is 16.6. The first kappa shape index (κ1) is 24.0. The predicted octanol–water partition coefficient (Wildman–Crippen LogP) is 5.61. The lowest BCUT2D eigenvalue weighted by Crippen LogP contribution is -2.40. The predicted molar refractivity (Wildman–Crippen MR) is 133 cm³/mol. The number of carbonyl (C=O) groups excluding carboxylic acids is 1. The molecule has 1 aliphatic heterocycles. The number of furan rings is 1. The minimum absolute atomic E-state index is 0.0157. The van der Waals surface area contributed by atoms with Crippen LogP contribution in [0.5, 0.6) is 11.5 Å². The van der Waals surface area contributed by atoms with Crippen molar-refractivity contribution in [2.45, 2.75) is 58.7 Å². The van der Waals surface area contributed by atoms with Crippen LogP contribution < -0.4 is 9.47 Å². The summed E-state index contributed by atoms with van der Waals surface area (Å²) in [5.74, 6) is 2.75. The first-order chi connectivity index (χ1) is 16.9. The fraction of sp³-hybridized carbons (Fsp3) is 0.552. The number of hydrogen-bond donors (Lipinski definition) is 0. The maximum atomic E-state index is 13.2. The Labute approximate surface area is 208 Å². The smallest absolute Gasteiger partial charge is 0.311 e. The molecule has 3 aliphatic rings. The lowest BCUT2D eigenvalue weighted by atomic mass is 9.59. The molecular weight excluding hydrogens is 442 g/mol. The molecular formula is C29H37NO5. The summed E-state index contributed by atoms with van der Waals surface area (Å²) in [6.45, 7) is 6.60. The summed E-state index contributed by atoms with van der Waals surface area (Å²) in [4.78, 5) is 15.5. The first-order valence-electron chi connectivity index (χ1n) is 12.8. The standard InChI is InChI=1S/C29H37NO5/c1-19-7-5-11-29(2)15-27-22(14-24(19)29)23(28(31)35-27)18-30(17-21-8-6-12-34-21)16-20-9-10-25(32-3)26(13-20)33-4/h6,8-10,12-14,19,22-23,27H,5,7,11,15-18H2,1-4H3. The van der Waals surface area contributed by atoms with Gasteiger partial charge in [-0.3, -0.25) is 9.69 Å². The van der Waals surface area contributed by atoms with Gasteiger partial charge < -0.3 is 18.6 Å². The monoisotopic (exact) mass is 479 g/mol. The molecule has 5 unspecified atom stereocenters. The minimum Gasteiger partial charge on any atom is -0.493 e. The van der Waals surface area contributed by atoms with E-state index in [2.05, 4.69) is 24.8 Å². The van der Waals surface area contributed by atoms with Gasteiger partial charge in [0.25, 0.3) is 0 Å². The van der Waals surface area contributed by atoms with Crippen molar-refractivity contribution in [2.75, 3.05) is 20.8 Å². The van der Waals surface area contributed by atoms with Crippen molar-refractivity contribution < 1.29 is 23.4 Å². The molecule has 6 nitrogen and oxygen atoms in total. The van der Waals surface area contributed by atoms with Crippen molar-refractivity contribution in [2.24, 2.45) is 23.2 Å². The van der Waals surface area contributed by atoms with E-state index in [1.165, 1.54) is 19.3 Å². The highest BCUT2D eigenvalue weighted by molar-refractivity contribution is 5.76. The van der Waals surface area contributed by atoms with E-state index in [0.29, 0.717) is 37.1 Å². The number of ether oxygens (including phenoxy) is 3. The zero-order chi connectivity index (χ0) is 24.6. The molecule has 1 saturated heterocycles. The maximum absolute atomic E-state index is 13.2. The van der Waals surface area contributed by atoms with Gasteiger partial charge in [0.2, 0.25) is 0 Å². The normalized spacial score (nSPS) is 29.9. The van der Waals surface area contributed by atoms with E-state index in [1.54, 1.807) is 26.1 Å². The zero-order valence-electron chi connectivity index (χ0n) is 21.3. The molecule has 0 N–H and O–H groups in total. The molecule has 1 saturated carbocycles. The fourth-order valence-corrected chi connectivity index (χ4v) is 6.58. The second kappa shape index (κ2) is 9.73. The fourth-order valence-electron chi connectivity index (χ4n) is 6.58. The average Bonchev–Trinajstić information content (AvgIpc) is 3.45. The number of methoxy groups -OCH3 is 2. The van der Waals surface area contributed by atoms with Gasteiger partial charge in [0.15, 0.2) is 11.5 Å². The van der Waals surface area contributed by atoms with Gasteiger partial charge in [-0.25, -0.2) is 0 Å². The largest absolute Gasteiger partial charge is 0.493 e. The van der Waals surface area contributed by atoms with Gasteiger partial charge in [-0.05, 0) is 60.4 Å². The number of fused-ring (bicyclic) bond motifs is 2. The van der Waals surface area contributed by atoms with E-state index in [9.17, 15) is 4.79 Å². The molecule has 1 aromatic heterocycles. The van der Waals surface area contributed by atoms with E-state index >= 15 is 0 Å². The molecule has 0 bridgehead atoms. The van der Waals surface area contributed by atoms with Crippen molar-refractivity contribution in [1.29, 1.82) is 0 Å². The van der Waals surface area contributed by atoms with Crippen molar-refractivity contribution in [3.63, 3.8) is 0 Å². The minimum atomic E-state index is -0.179. The van der Waals surface area contributed by atoms with E-state index < -0.39 is 0 Å². The highest BCUT2D eigenvalue weighted by Gasteiger charge is 2.52. The van der Waals surface area contributed by atoms with Crippen LogP contribution in [0.4, 0.5) is 0 Å². The molecule has 2 aromatic rings. The molecule has 1 aromatic carbocycles. The first-order valence-corrected chi connectivity index (χ1v) is 12.8. The molecule has 5 atom stereocenters. The van der Waals surface area contributed by atoms with E-state index in [-0.39, 0.29) is 29.3 Å². The Morgan fingerprint density at radius 1 is 1.14 bits per heavy atom. The Morgan fingerprint density at radius 3 is 2.71 bits per heavy atom. The van der Waals surface area contributed by atoms with Gasteiger partial charge in [-0.1, -0.05) is 38.0 Å². The third-order valence-corrected chi connectivity index (χ3v) is 8.35. The zero-order valence-corrected chi connectivity index (χ0v) is 21.3. The van der Waals surface area contributed by atoms with Crippen LogP contribution in [-0.4, -0.2) is 37.7 Å². The van der Waals surface area contributed by atoms with Crippen LogP contribution in [0.25, 0.3) is 0 Å². The summed E-state index contributed by atoms with van der Waals surface area (Å²) in [5.41, 5.74) is 2.81. The summed E-state index contributed by atoms with van der Waals surface area (Å²) in [6, 6.07) is 9.86. The Balaban J connectivity index is 1.40. The Kier molecular flexibility index (Phi) is 6.67. The molecule has 0 spiro atoms. The van der Waals surface area contributed by atoms with E-state index in [1.807, 2.05) is 30.3 Å². The number of benzene rings is 1. The number of allylic oxidation sites excluding steroid dienone is 1. The summed E-state index contributed by atoms with van der Waals surface area (Å²) < 4.78 is 22.6. The summed E-state index contributed by atoms with van der Waals surface area (Å²) in [6.07, 6.45) is 8.74. The van der Waals surface area contributed by atoms with Gasteiger partial charge in [0, 0.05) is 19.0 Å². The molecule has 5 rings (SSSR count). The van der Waals surface area contributed by atoms with Gasteiger partial charge >= 0.3 is 5.97 Å². The van der Waals surface area contributed by atoms with E-state index in [4.69, 9.17) is 18.6 Å². The van der Waals surface area contributed by atoms with Crippen LogP contribution in [-0.2, 0) is 22.6 Å². The van der Waals surface area contributed by atoms with Gasteiger partial charge in [0.05, 0.1) is 32.9 Å². The molecule has 2 aliphatic carbocycles. The number of nitrogens with zero attached hydrogens (tertiary/aromatic N) is 1. The summed E-state index contributed by atoms with van der Waals surface area (Å²) in [7, 11) is 3.28. The Hall–Kier alpha value is -2.73. The van der Waals surface area contributed by atoms with Gasteiger partial charge in [-0.2, -0.15) is 0 Å². The molecule has 6 heteroatoms. The lowest BCUT2D eigenvalue weighted by Gasteiger charge is -2.46. The lowest BCUT2D eigenvalue weighted by molar-refractivity contribution is -0.145. The number of carbonyl (C=O) groups is 1. The van der Waals surface area contributed by atoms with Crippen molar-refractivity contribution >= 4 is 5.97 Å². The SMILES string of the molecule is COc1ccc(CN(Cc2ccco2)CC2C(=O)OC3CC4(C)CCCC(C)C4=CC32)cc1OC. The van der Waals surface area contributed by atoms with Crippen molar-refractivity contribution in [3.05, 3.63) is 59.6 Å². The topological polar surface area (TPSA) is 61.1 Å². The molecule has 35 heavy (non-hydrogen) atoms. The molecule has 188 valence electrons. The van der Waals surface area contributed by atoms with Crippen molar-refractivity contribution in [3.8, 4) is 11.5 Å². The Bertz CT molecular complexity index is 1080. The van der Waals surface area contributed by atoms with Crippen LogP contribution in [0.15, 0.2) is 52.7 Å². The Morgan fingerprint density at radius 2 is 1.97 bits per heavy atom. The average molecular weight is 480 g/mol.